The van der Waals surface area contributed by atoms with Gasteiger partial charge in [0, 0.05) is 5.54 Å². The van der Waals surface area contributed by atoms with E-state index in [-0.39, 0.29) is 11.4 Å². The molecule has 1 aromatic rings. The summed E-state index contributed by atoms with van der Waals surface area (Å²) in [6.45, 7) is 7.58. The number of para-hydroxylation sites is 1. The topological polar surface area (TPSA) is 38.3 Å². The van der Waals surface area contributed by atoms with Gasteiger partial charge in [0.15, 0.2) is 6.10 Å². The second-order valence-corrected chi connectivity index (χ2v) is 4.81. The lowest BCUT2D eigenvalue weighted by molar-refractivity contribution is -0.128. The predicted octanol–water partition coefficient (Wildman–Crippen LogP) is 2.37. The molecule has 0 fully saturated rings. The minimum atomic E-state index is -0.485. The highest BCUT2D eigenvalue weighted by Gasteiger charge is 2.20. The van der Waals surface area contributed by atoms with Gasteiger partial charge in [0.05, 0.1) is 0 Å². The zero-order valence-corrected chi connectivity index (χ0v) is 10.3. The van der Waals surface area contributed by atoms with Gasteiger partial charge in [0.1, 0.15) is 5.75 Å². The van der Waals surface area contributed by atoms with Gasteiger partial charge in [-0.25, -0.2) is 0 Å². The van der Waals surface area contributed by atoms with Crippen LogP contribution in [0.2, 0.25) is 0 Å². The van der Waals surface area contributed by atoms with E-state index in [1.165, 1.54) is 0 Å². The van der Waals surface area contributed by atoms with Crippen LogP contribution in [0.4, 0.5) is 0 Å². The summed E-state index contributed by atoms with van der Waals surface area (Å²) in [6, 6.07) is 9.34. The summed E-state index contributed by atoms with van der Waals surface area (Å²) in [5.41, 5.74) is -0.231. The molecule has 0 saturated heterocycles. The number of hydrogen-bond donors (Lipinski definition) is 1. The standard InChI is InChI=1S/C13H19NO2/c1-10(12(15)14-13(2,3)4)16-11-8-6-5-7-9-11/h5-10H,1-4H3,(H,14,15)/t10-/m1/s1. The molecular formula is C13H19NO2. The van der Waals surface area contributed by atoms with Gasteiger partial charge in [-0.3, -0.25) is 4.79 Å². The molecule has 1 amide bonds. The summed E-state index contributed by atoms with van der Waals surface area (Å²) in [5, 5.41) is 2.88. The van der Waals surface area contributed by atoms with E-state index in [4.69, 9.17) is 4.74 Å². The Balaban J connectivity index is 2.53. The normalized spacial score (nSPS) is 13.0. The number of amides is 1. The van der Waals surface area contributed by atoms with Crippen LogP contribution < -0.4 is 10.1 Å². The molecule has 1 N–H and O–H groups in total. The fourth-order valence-corrected chi connectivity index (χ4v) is 1.23. The van der Waals surface area contributed by atoms with Crippen LogP contribution in [-0.2, 0) is 4.79 Å². The first-order valence-electron chi connectivity index (χ1n) is 5.42. The van der Waals surface area contributed by atoms with Gasteiger partial charge in [0.25, 0.3) is 5.91 Å². The second kappa shape index (κ2) is 5.01. The zero-order valence-electron chi connectivity index (χ0n) is 10.3. The van der Waals surface area contributed by atoms with Crippen molar-refractivity contribution in [1.82, 2.24) is 5.32 Å². The SMILES string of the molecule is C[C@@H](Oc1ccccc1)C(=O)NC(C)(C)C. The molecule has 0 aliphatic carbocycles. The van der Waals surface area contributed by atoms with E-state index in [0.717, 1.165) is 0 Å². The van der Waals surface area contributed by atoms with Crippen LogP contribution in [0.3, 0.4) is 0 Å². The van der Waals surface area contributed by atoms with E-state index < -0.39 is 6.10 Å². The van der Waals surface area contributed by atoms with E-state index in [9.17, 15) is 4.79 Å². The maximum Gasteiger partial charge on any atom is 0.261 e. The van der Waals surface area contributed by atoms with Gasteiger partial charge in [-0.1, -0.05) is 18.2 Å². The van der Waals surface area contributed by atoms with Gasteiger partial charge in [-0.05, 0) is 39.8 Å². The van der Waals surface area contributed by atoms with Gasteiger partial charge < -0.3 is 10.1 Å². The Labute approximate surface area is 96.8 Å². The Morgan fingerprint density at radius 2 is 1.81 bits per heavy atom. The first kappa shape index (κ1) is 12.6. The van der Waals surface area contributed by atoms with Crippen molar-refractivity contribution < 1.29 is 9.53 Å². The Hall–Kier alpha value is -1.51. The number of carbonyl (C=O) groups excluding carboxylic acids is 1. The summed E-state index contributed by atoms with van der Waals surface area (Å²) >= 11 is 0. The number of hydrogen-bond acceptors (Lipinski definition) is 2. The highest BCUT2D eigenvalue weighted by Crippen LogP contribution is 2.11. The molecular weight excluding hydrogens is 202 g/mol. The highest BCUT2D eigenvalue weighted by atomic mass is 16.5. The molecule has 0 aromatic heterocycles. The van der Waals surface area contributed by atoms with Crippen molar-refractivity contribution in [2.45, 2.75) is 39.3 Å². The second-order valence-electron chi connectivity index (χ2n) is 4.81. The largest absolute Gasteiger partial charge is 0.481 e. The number of ether oxygens (including phenoxy) is 1. The smallest absolute Gasteiger partial charge is 0.261 e. The maximum absolute atomic E-state index is 11.7. The van der Waals surface area contributed by atoms with Gasteiger partial charge in [-0.2, -0.15) is 0 Å². The van der Waals surface area contributed by atoms with Crippen LogP contribution in [-0.4, -0.2) is 17.6 Å². The molecule has 0 bridgehead atoms. The quantitative estimate of drug-likeness (QED) is 0.851. The Bertz CT molecular complexity index is 341. The minimum absolute atomic E-state index is 0.101. The van der Waals surface area contributed by atoms with Crippen LogP contribution >= 0.6 is 0 Å². The van der Waals surface area contributed by atoms with E-state index in [2.05, 4.69) is 5.32 Å². The molecule has 0 heterocycles. The molecule has 3 nitrogen and oxygen atoms in total. The lowest BCUT2D eigenvalue weighted by Crippen LogP contribution is -2.46. The molecule has 1 atom stereocenters. The van der Waals surface area contributed by atoms with E-state index >= 15 is 0 Å². The Morgan fingerprint density at radius 1 is 1.25 bits per heavy atom. The fourth-order valence-electron chi connectivity index (χ4n) is 1.23. The van der Waals surface area contributed by atoms with Crippen LogP contribution in [0, 0.1) is 0 Å². The van der Waals surface area contributed by atoms with Crippen molar-refractivity contribution >= 4 is 5.91 Å². The Kier molecular flexibility index (Phi) is 3.93. The van der Waals surface area contributed by atoms with E-state index in [1.54, 1.807) is 6.92 Å². The minimum Gasteiger partial charge on any atom is -0.481 e. The molecule has 0 radical (unpaired) electrons. The molecule has 16 heavy (non-hydrogen) atoms. The summed E-state index contributed by atoms with van der Waals surface area (Å²) in [5.74, 6) is 0.607. The van der Waals surface area contributed by atoms with Crippen LogP contribution in [0.25, 0.3) is 0 Å². The number of benzene rings is 1. The molecule has 0 aliphatic rings. The van der Waals surface area contributed by atoms with E-state index in [1.807, 2.05) is 51.1 Å². The average molecular weight is 221 g/mol. The first-order valence-corrected chi connectivity index (χ1v) is 5.42. The van der Waals surface area contributed by atoms with Gasteiger partial charge >= 0.3 is 0 Å². The molecule has 0 saturated carbocycles. The monoisotopic (exact) mass is 221 g/mol. The number of carbonyl (C=O) groups is 1. The molecule has 0 aliphatic heterocycles. The summed E-state index contributed by atoms with van der Waals surface area (Å²) in [7, 11) is 0. The third kappa shape index (κ3) is 4.34. The number of rotatable bonds is 3. The van der Waals surface area contributed by atoms with Crippen molar-refractivity contribution in [1.29, 1.82) is 0 Å². The third-order valence-electron chi connectivity index (χ3n) is 1.92. The summed E-state index contributed by atoms with van der Waals surface area (Å²) < 4.78 is 5.51. The first-order chi connectivity index (χ1) is 7.38. The van der Waals surface area contributed by atoms with Crippen molar-refractivity contribution in [3.8, 4) is 5.75 Å². The molecule has 0 unspecified atom stereocenters. The maximum atomic E-state index is 11.7. The third-order valence-corrected chi connectivity index (χ3v) is 1.92. The van der Waals surface area contributed by atoms with Crippen molar-refractivity contribution in [3.63, 3.8) is 0 Å². The molecule has 1 aromatic carbocycles. The van der Waals surface area contributed by atoms with Crippen LogP contribution in [0.5, 0.6) is 5.75 Å². The van der Waals surface area contributed by atoms with Crippen LogP contribution in [0.1, 0.15) is 27.7 Å². The lowest BCUT2D eigenvalue weighted by Gasteiger charge is -2.23. The molecule has 0 spiro atoms. The molecule has 88 valence electrons. The highest BCUT2D eigenvalue weighted by molar-refractivity contribution is 5.81. The zero-order chi connectivity index (χ0) is 12.2. The van der Waals surface area contributed by atoms with Gasteiger partial charge in [0.2, 0.25) is 0 Å². The molecule has 1 rings (SSSR count). The van der Waals surface area contributed by atoms with Crippen LogP contribution in [0.15, 0.2) is 30.3 Å². The average Bonchev–Trinajstić information content (AvgIpc) is 2.16. The lowest BCUT2D eigenvalue weighted by atomic mass is 10.1. The van der Waals surface area contributed by atoms with Crippen molar-refractivity contribution in [3.05, 3.63) is 30.3 Å². The van der Waals surface area contributed by atoms with Crippen molar-refractivity contribution in [2.24, 2.45) is 0 Å². The Morgan fingerprint density at radius 3 is 2.31 bits per heavy atom. The predicted molar refractivity (Wildman–Crippen MR) is 64.4 cm³/mol. The fraction of sp³-hybridized carbons (Fsp3) is 0.462. The summed E-state index contributed by atoms with van der Waals surface area (Å²) in [4.78, 5) is 11.7. The van der Waals surface area contributed by atoms with Gasteiger partial charge in [-0.15, -0.1) is 0 Å². The number of nitrogens with one attached hydrogen (secondary N) is 1. The van der Waals surface area contributed by atoms with E-state index in [0.29, 0.717) is 5.75 Å². The molecule has 3 heteroatoms. The summed E-state index contributed by atoms with van der Waals surface area (Å²) in [6.07, 6.45) is -0.485. The van der Waals surface area contributed by atoms with Crippen molar-refractivity contribution in [2.75, 3.05) is 0 Å².